The molecule has 0 saturated heterocycles. The Morgan fingerprint density at radius 2 is 2.05 bits per heavy atom. The van der Waals surface area contributed by atoms with E-state index < -0.39 is 0 Å². The summed E-state index contributed by atoms with van der Waals surface area (Å²) in [6, 6.07) is 3.97. The van der Waals surface area contributed by atoms with Crippen LogP contribution in [0.15, 0.2) is 24.5 Å². The van der Waals surface area contributed by atoms with E-state index >= 15 is 0 Å². The van der Waals surface area contributed by atoms with Gasteiger partial charge in [0.25, 0.3) is 0 Å². The van der Waals surface area contributed by atoms with E-state index in [2.05, 4.69) is 15.4 Å². The number of aryl methyl sites for hydroxylation is 2. The smallest absolute Gasteiger partial charge is 0.152 e. The Morgan fingerprint density at radius 3 is 2.86 bits per heavy atom. The molecule has 5 nitrogen and oxygen atoms in total. The van der Waals surface area contributed by atoms with Crippen LogP contribution in [0.4, 0.5) is 5.82 Å². The number of nitrogens with one attached hydrogen (secondary N) is 1. The molecule has 3 N–H and O–H groups in total. The second kappa shape index (κ2) is 5.05. The van der Waals surface area contributed by atoms with Crippen molar-refractivity contribution in [1.82, 2.24) is 15.0 Å². The first kappa shape index (κ1) is 12.7. The number of fused-ring (bicyclic) bond motifs is 3. The zero-order valence-electron chi connectivity index (χ0n) is 11.5. The summed E-state index contributed by atoms with van der Waals surface area (Å²) in [6.45, 7) is 0. The Kier molecular flexibility index (Phi) is 3.05. The first-order chi connectivity index (χ1) is 10.3. The van der Waals surface area contributed by atoms with Gasteiger partial charge in [0.2, 0.25) is 0 Å². The van der Waals surface area contributed by atoms with E-state index in [0.717, 1.165) is 40.3 Å². The average molecular weight is 297 g/mol. The summed E-state index contributed by atoms with van der Waals surface area (Å²) in [5, 5.41) is 1.12. The zero-order chi connectivity index (χ0) is 14.2. The molecular weight excluding hydrogens is 282 g/mol. The molecule has 1 aliphatic carbocycles. The van der Waals surface area contributed by atoms with Crippen LogP contribution in [0.1, 0.15) is 28.2 Å². The van der Waals surface area contributed by atoms with Crippen LogP contribution in [0.5, 0.6) is 0 Å². The maximum absolute atomic E-state index is 5.69. The van der Waals surface area contributed by atoms with Gasteiger partial charge in [-0.15, -0.1) is 11.3 Å². The van der Waals surface area contributed by atoms with Gasteiger partial charge in [-0.2, -0.15) is 0 Å². The molecule has 0 saturated carbocycles. The molecule has 4 rings (SSSR count). The highest BCUT2D eigenvalue weighted by Gasteiger charge is 2.22. The standard InChI is InChI=1S/C15H15N5S/c16-20-14-13-10-2-1-3-11(10)21-15(13)19-12(18-14)8-9-4-6-17-7-5-9/h4-7H,1-3,8,16H2,(H,18,19,20). The quantitative estimate of drug-likeness (QED) is 0.573. The van der Waals surface area contributed by atoms with Crippen molar-refractivity contribution in [3.05, 3.63) is 46.4 Å². The SMILES string of the molecule is NNc1nc(Cc2ccncc2)nc2sc3c(c12)CCC3. The van der Waals surface area contributed by atoms with Gasteiger partial charge in [0.1, 0.15) is 10.7 Å². The molecule has 1 aliphatic rings. The molecule has 3 aromatic rings. The van der Waals surface area contributed by atoms with Crippen molar-refractivity contribution in [2.45, 2.75) is 25.7 Å². The number of hydrogen-bond donors (Lipinski definition) is 2. The van der Waals surface area contributed by atoms with Gasteiger partial charge in [0, 0.05) is 23.7 Å². The number of thiophene rings is 1. The second-order valence-corrected chi connectivity index (χ2v) is 6.29. The second-order valence-electron chi connectivity index (χ2n) is 5.20. The summed E-state index contributed by atoms with van der Waals surface area (Å²) >= 11 is 1.78. The van der Waals surface area contributed by atoms with Crippen molar-refractivity contribution >= 4 is 27.4 Å². The number of anilines is 1. The molecule has 0 spiro atoms. The van der Waals surface area contributed by atoms with Gasteiger partial charge in [-0.25, -0.2) is 15.8 Å². The van der Waals surface area contributed by atoms with Crippen molar-refractivity contribution < 1.29 is 0 Å². The van der Waals surface area contributed by atoms with E-state index in [9.17, 15) is 0 Å². The molecule has 0 bridgehead atoms. The highest BCUT2D eigenvalue weighted by Crippen LogP contribution is 2.39. The van der Waals surface area contributed by atoms with Gasteiger partial charge >= 0.3 is 0 Å². The molecule has 0 unspecified atom stereocenters. The van der Waals surface area contributed by atoms with Gasteiger partial charge in [-0.3, -0.25) is 4.98 Å². The number of rotatable bonds is 3. The van der Waals surface area contributed by atoms with Crippen LogP contribution >= 0.6 is 11.3 Å². The fourth-order valence-corrected chi connectivity index (χ4v) is 4.19. The summed E-state index contributed by atoms with van der Waals surface area (Å²) in [4.78, 5) is 15.9. The molecule has 0 fully saturated rings. The molecule has 0 atom stereocenters. The van der Waals surface area contributed by atoms with E-state index in [-0.39, 0.29) is 0 Å². The lowest BCUT2D eigenvalue weighted by atomic mass is 10.1. The molecular formula is C15H15N5S. The van der Waals surface area contributed by atoms with E-state index in [1.165, 1.54) is 16.9 Å². The molecule has 6 heteroatoms. The minimum Gasteiger partial charge on any atom is -0.308 e. The number of nitrogen functional groups attached to an aromatic ring is 1. The molecule has 0 aliphatic heterocycles. The average Bonchev–Trinajstić information content (AvgIpc) is 3.07. The lowest BCUT2D eigenvalue weighted by molar-refractivity contribution is 0.916. The van der Waals surface area contributed by atoms with Crippen molar-refractivity contribution in [1.29, 1.82) is 0 Å². The number of pyridine rings is 1. The van der Waals surface area contributed by atoms with Gasteiger partial charge in [-0.1, -0.05) is 0 Å². The molecule has 3 aromatic heterocycles. The number of nitrogens with two attached hydrogens (primary N) is 1. The normalized spacial score (nSPS) is 13.6. The van der Waals surface area contributed by atoms with Crippen molar-refractivity contribution in [2.75, 3.05) is 5.43 Å². The third kappa shape index (κ3) is 2.16. The van der Waals surface area contributed by atoms with Crippen molar-refractivity contribution in [3.8, 4) is 0 Å². The lowest BCUT2D eigenvalue weighted by Gasteiger charge is -2.06. The Labute approximate surface area is 126 Å². The zero-order valence-corrected chi connectivity index (χ0v) is 12.3. The van der Waals surface area contributed by atoms with E-state index in [1.807, 2.05) is 12.1 Å². The predicted molar refractivity (Wildman–Crippen MR) is 84.3 cm³/mol. The van der Waals surface area contributed by atoms with Crippen molar-refractivity contribution in [3.63, 3.8) is 0 Å². The van der Waals surface area contributed by atoms with E-state index in [1.54, 1.807) is 23.7 Å². The van der Waals surface area contributed by atoms with Crippen LogP contribution < -0.4 is 11.3 Å². The van der Waals surface area contributed by atoms with E-state index in [4.69, 9.17) is 10.8 Å². The van der Waals surface area contributed by atoms with Gasteiger partial charge in [0.15, 0.2) is 5.82 Å². The minimum absolute atomic E-state index is 0.690. The van der Waals surface area contributed by atoms with Crippen LogP contribution in [-0.4, -0.2) is 15.0 Å². The van der Waals surface area contributed by atoms with Crippen LogP contribution in [0.2, 0.25) is 0 Å². The Hall–Kier alpha value is -2.05. The summed E-state index contributed by atoms with van der Waals surface area (Å²) in [5.41, 5.74) is 5.29. The third-order valence-corrected chi connectivity index (χ3v) is 5.04. The highest BCUT2D eigenvalue weighted by atomic mass is 32.1. The minimum atomic E-state index is 0.690. The summed E-state index contributed by atoms with van der Waals surface area (Å²) in [5.74, 6) is 7.23. The van der Waals surface area contributed by atoms with Crippen LogP contribution in [0.25, 0.3) is 10.2 Å². The van der Waals surface area contributed by atoms with Gasteiger partial charge in [0.05, 0.1) is 5.39 Å². The topological polar surface area (TPSA) is 76.7 Å². The lowest BCUT2D eigenvalue weighted by Crippen LogP contribution is -2.11. The van der Waals surface area contributed by atoms with Crippen molar-refractivity contribution in [2.24, 2.45) is 5.84 Å². The summed E-state index contributed by atoms with van der Waals surface area (Å²) < 4.78 is 0. The molecule has 21 heavy (non-hydrogen) atoms. The monoisotopic (exact) mass is 297 g/mol. The van der Waals surface area contributed by atoms with Crippen LogP contribution in [-0.2, 0) is 19.3 Å². The summed E-state index contributed by atoms with van der Waals surface area (Å²) in [6.07, 6.45) is 7.75. The van der Waals surface area contributed by atoms with Crippen LogP contribution in [0, 0.1) is 0 Å². The number of hydrogen-bond acceptors (Lipinski definition) is 6. The molecule has 0 amide bonds. The molecule has 106 valence electrons. The first-order valence-electron chi connectivity index (χ1n) is 7.02. The fraction of sp³-hybridized carbons (Fsp3) is 0.267. The van der Waals surface area contributed by atoms with Gasteiger partial charge < -0.3 is 5.43 Å². The molecule has 0 aromatic carbocycles. The maximum Gasteiger partial charge on any atom is 0.152 e. The largest absolute Gasteiger partial charge is 0.308 e. The molecule has 0 radical (unpaired) electrons. The number of aromatic nitrogens is 3. The van der Waals surface area contributed by atoms with Crippen LogP contribution in [0.3, 0.4) is 0 Å². The Bertz CT molecular complexity index is 797. The predicted octanol–water partition coefficient (Wildman–Crippen LogP) is 2.45. The third-order valence-electron chi connectivity index (χ3n) is 3.86. The number of nitrogens with zero attached hydrogens (tertiary/aromatic N) is 3. The Balaban J connectivity index is 1.81. The summed E-state index contributed by atoms with van der Waals surface area (Å²) in [7, 11) is 0. The first-order valence-corrected chi connectivity index (χ1v) is 7.83. The highest BCUT2D eigenvalue weighted by molar-refractivity contribution is 7.19. The Morgan fingerprint density at radius 1 is 1.19 bits per heavy atom. The molecule has 3 heterocycles. The van der Waals surface area contributed by atoms with E-state index in [0.29, 0.717) is 6.42 Å². The van der Waals surface area contributed by atoms with Gasteiger partial charge in [-0.05, 0) is 42.5 Å². The fourth-order valence-electron chi connectivity index (χ4n) is 2.91. The maximum atomic E-state index is 5.69. The number of hydrazine groups is 1.